The first-order valence-electron chi connectivity index (χ1n) is 44.3. The molecule has 0 aliphatic carbocycles. The average molecular weight is 1400 g/mol. The molecular weight excluding hydrogens is 1250 g/mol. The first-order valence-corrected chi connectivity index (χ1v) is 46.2. The smallest absolute Gasteiger partial charge is 0.287 e. The summed E-state index contributed by atoms with van der Waals surface area (Å²) in [7, 11) is -3.76. The van der Waals surface area contributed by atoms with Crippen LogP contribution in [0.2, 0.25) is 0 Å². The van der Waals surface area contributed by atoms with Gasteiger partial charge in [0.15, 0.2) is 0 Å². The number of hydrogen-bond acceptors (Lipinski definition) is 4. The molecule has 0 saturated heterocycles. The molecule has 0 bridgehead atoms. The molecule has 0 aliphatic rings. The van der Waals surface area contributed by atoms with E-state index in [9.17, 15) is 4.80 Å². The molecule has 4 nitrogen and oxygen atoms in total. The lowest BCUT2D eigenvalue weighted by Gasteiger charge is -2.31. The third-order valence-corrected chi connectivity index (χ3v) is 26.2. The van der Waals surface area contributed by atoms with Crippen LogP contribution < -0.4 is 29.8 Å². The lowest BCUT2D eigenvalue weighted by Crippen LogP contribution is -2.68. The van der Waals surface area contributed by atoms with Crippen molar-refractivity contribution in [2.24, 2.45) is 0 Å². The molecule has 0 heterocycles. The summed E-state index contributed by atoms with van der Waals surface area (Å²) < 4.78 is 19.5. The van der Waals surface area contributed by atoms with Gasteiger partial charge in [0.25, 0.3) is 8.32 Å². The molecule has 0 atom stereocenters. The lowest BCUT2D eigenvalue weighted by molar-refractivity contribution is 0.304. The largest absolute Gasteiger partial charge is 0.494 e. The van der Waals surface area contributed by atoms with Gasteiger partial charge in [-0.3, -0.25) is 0 Å². The highest BCUT2D eigenvalue weighted by molar-refractivity contribution is 7.09. The summed E-state index contributed by atoms with van der Waals surface area (Å²) in [6, 6.07) is 39.3. The fraction of sp³-hybridized carbons (Fsp3) is 0.688. The van der Waals surface area contributed by atoms with E-state index in [1.807, 2.05) is 0 Å². The summed E-state index contributed by atoms with van der Waals surface area (Å²) in [6.45, 7) is 9.10. The molecule has 101 heavy (non-hydrogen) atoms. The Morgan fingerprint density at radius 1 is 0.208 bits per heavy atom. The van der Waals surface area contributed by atoms with Gasteiger partial charge in [0.05, 0.1) is 19.8 Å². The standard InChI is InChI=1S/C96H154O4Si/c1-4-7-10-13-16-19-22-25-28-31-34-37-40-43-46-49-52-55-58-61-79-98-88-73-76-91-85(82-88)67-64-70-94(91)101(97,95-71-65-68-86-83-89(74-77-92(86)95)99-80-62-59-56-53-50-47-44-41-38-35-32-29-26-23-20-17-14-11-8-5-2)96-72-66-69-87-84-90(75-78-93(87)96)100-81-63-60-57-54-51-48-45-42-39-36-33-30-27-24-21-18-15-12-9-6-3/h64-78,82-84,97H,4-63,79-81H2,1-3H3. The molecule has 0 fully saturated rings. The number of unbranched alkanes of at least 4 members (excludes halogenated alkanes) is 57. The highest BCUT2D eigenvalue weighted by Crippen LogP contribution is 2.30. The predicted octanol–water partition coefficient (Wildman–Crippen LogP) is 29.7. The molecule has 0 aliphatic heterocycles. The van der Waals surface area contributed by atoms with Gasteiger partial charge in [-0.15, -0.1) is 0 Å². The predicted molar refractivity (Wildman–Crippen MR) is 449 cm³/mol. The van der Waals surface area contributed by atoms with E-state index in [1.54, 1.807) is 0 Å². The summed E-state index contributed by atoms with van der Waals surface area (Å²) in [6.07, 6.45) is 83.0. The van der Waals surface area contributed by atoms with Crippen molar-refractivity contribution in [2.45, 2.75) is 406 Å². The lowest BCUT2D eigenvalue weighted by atomic mass is 10.0. The zero-order valence-corrected chi connectivity index (χ0v) is 67.1. The zero-order valence-electron chi connectivity index (χ0n) is 66.1. The van der Waals surface area contributed by atoms with Crippen molar-refractivity contribution in [2.75, 3.05) is 19.8 Å². The van der Waals surface area contributed by atoms with Crippen LogP contribution in [0.3, 0.4) is 0 Å². The Kier molecular flexibility index (Phi) is 49.1. The topological polar surface area (TPSA) is 47.9 Å². The second-order valence-electron chi connectivity index (χ2n) is 31.5. The summed E-state index contributed by atoms with van der Waals surface area (Å²) >= 11 is 0. The molecule has 6 aromatic carbocycles. The summed E-state index contributed by atoms with van der Waals surface area (Å²) in [5.74, 6) is 2.71. The molecule has 6 rings (SSSR count). The molecule has 1 N–H and O–H groups in total. The molecule has 0 radical (unpaired) electrons. The minimum absolute atomic E-state index is 0.728. The van der Waals surface area contributed by atoms with Gasteiger partial charge in [-0.25, -0.2) is 0 Å². The zero-order chi connectivity index (χ0) is 70.8. The van der Waals surface area contributed by atoms with Crippen molar-refractivity contribution in [1.82, 2.24) is 0 Å². The minimum atomic E-state index is -3.76. The van der Waals surface area contributed by atoms with E-state index in [0.29, 0.717) is 0 Å². The van der Waals surface area contributed by atoms with Crippen LogP contribution in [0.25, 0.3) is 32.3 Å². The fourth-order valence-corrected chi connectivity index (χ4v) is 19.8. The van der Waals surface area contributed by atoms with Crippen LogP contribution in [-0.4, -0.2) is 32.9 Å². The van der Waals surface area contributed by atoms with Crippen molar-refractivity contribution < 1.29 is 19.0 Å². The van der Waals surface area contributed by atoms with Gasteiger partial charge in [0.1, 0.15) is 17.2 Å². The number of ether oxygens (including phenoxy) is 3. The van der Waals surface area contributed by atoms with E-state index < -0.39 is 8.32 Å². The van der Waals surface area contributed by atoms with Crippen LogP contribution in [0.15, 0.2) is 109 Å². The van der Waals surface area contributed by atoms with Crippen molar-refractivity contribution in [3.05, 3.63) is 109 Å². The van der Waals surface area contributed by atoms with Crippen LogP contribution in [0.5, 0.6) is 17.2 Å². The van der Waals surface area contributed by atoms with Crippen LogP contribution in [0.1, 0.15) is 406 Å². The van der Waals surface area contributed by atoms with Gasteiger partial charge < -0.3 is 19.0 Å². The van der Waals surface area contributed by atoms with Gasteiger partial charge in [-0.05, 0) is 104 Å². The van der Waals surface area contributed by atoms with Crippen LogP contribution in [0, 0.1) is 0 Å². The van der Waals surface area contributed by atoms with E-state index in [4.69, 9.17) is 14.2 Å². The molecule has 0 saturated carbocycles. The highest BCUT2D eigenvalue weighted by Gasteiger charge is 2.42. The van der Waals surface area contributed by atoms with E-state index in [-0.39, 0.29) is 0 Å². The second kappa shape index (κ2) is 57.9. The highest BCUT2D eigenvalue weighted by atomic mass is 28.4. The molecule has 0 aromatic heterocycles. The van der Waals surface area contributed by atoms with Crippen molar-refractivity contribution >= 4 is 56.2 Å². The van der Waals surface area contributed by atoms with Crippen LogP contribution in [-0.2, 0) is 0 Å². The van der Waals surface area contributed by atoms with Crippen molar-refractivity contribution in [1.29, 1.82) is 0 Å². The van der Waals surface area contributed by atoms with Crippen molar-refractivity contribution in [3.63, 3.8) is 0 Å². The normalized spacial score (nSPS) is 11.9. The average Bonchev–Trinajstić information content (AvgIpc) is 0.725. The molecule has 0 amide bonds. The van der Waals surface area contributed by atoms with Gasteiger partial charge >= 0.3 is 0 Å². The minimum Gasteiger partial charge on any atom is -0.494 e. The summed E-state index contributed by atoms with van der Waals surface area (Å²) in [5.41, 5.74) is 0. The molecule has 0 spiro atoms. The van der Waals surface area contributed by atoms with E-state index >= 15 is 0 Å². The monoisotopic (exact) mass is 1400 g/mol. The number of rotatable bonds is 69. The van der Waals surface area contributed by atoms with Gasteiger partial charge in [0, 0.05) is 0 Å². The number of benzene rings is 6. The van der Waals surface area contributed by atoms with Crippen molar-refractivity contribution in [3.8, 4) is 17.2 Å². The summed E-state index contributed by atoms with van der Waals surface area (Å²) in [4.78, 5) is 14.3. The van der Waals surface area contributed by atoms with Crippen LogP contribution in [0.4, 0.5) is 0 Å². The molecular formula is C96H154O4Si. The molecule has 5 heteroatoms. The fourth-order valence-electron chi connectivity index (χ4n) is 16.1. The molecule has 566 valence electrons. The van der Waals surface area contributed by atoms with Gasteiger partial charge in [0.2, 0.25) is 0 Å². The van der Waals surface area contributed by atoms with Gasteiger partial charge in [-0.1, -0.05) is 460 Å². The first-order chi connectivity index (χ1) is 50.1. The SMILES string of the molecule is CCCCCCCCCCCCCCCCCCCCCCOc1ccc2c([Si](O)(c3cccc4cc(OCCCCCCCCCCCCCCCCCCCCCC)ccc34)c3cccc4cc(OCCCCCCCCCCCCCCCCCCCCCC)ccc34)cccc2c1. The Hall–Kier alpha value is -4.32. The first kappa shape index (κ1) is 85.6. The number of fused-ring (bicyclic) bond motifs is 3. The Morgan fingerprint density at radius 2 is 0.376 bits per heavy atom. The third-order valence-electron chi connectivity index (χ3n) is 22.5. The number of hydrogen-bond donors (Lipinski definition) is 1. The van der Waals surface area contributed by atoms with Crippen LogP contribution >= 0.6 is 0 Å². The second-order valence-corrected chi connectivity index (χ2v) is 34.5. The Morgan fingerprint density at radius 3 is 0.554 bits per heavy atom. The Balaban J connectivity index is 0.975. The molecule has 6 aromatic rings. The third kappa shape index (κ3) is 36.5. The van der Waals surface area contributed by atoms with E-state index in [2.05, 4.69) is 130 Å². The maximum absolute atomic E-state index is 14.3. The van der Waals surface area contributed by atoms with E-state index in [1.165, 1.54) is 366 Å². The Labute approximate surface area is 623 Å². The Bertz CT molecular complexity index is 2620. The quantitative estimate of drug-likeness (QED) is 0.0235. The maximum Gasteiger partial charge on any atom is 0.287 e. The molecule has 0 unspecified atom stereocenters. The summed E-state index contributed by atoms with van der Waals surface area (Å²) in [5, 5.41) is 9.49. The van der Waals surface area contributed by atoms with E-state index in [0.717, 1.165) is 104 Å². The maximum atomic E-state index is 14.3. The van der Waals surface area contributed by atoms with Gasteiger partial charge in [-0.2, -0.15) is 0 Å².